The van der Waals surface area contributed by atoms with Crippen molar-refractivity contribution in [1.29, 1.82) is 0 Å². The van der Waals surface area contributed by atoms with E-state index in [1.165, 1.54) is 32.8 Å². The summed E-state index contributed by atoms with van der Waals surface area (Å²) in [5.74, 6) is 0. The highest BCUT2D eigenvalue weighted by Crippen LogP contribution is 2.26. The summed E-state index contributed by atoms with van der Waals surface area (Å²) in [6.45, 7) is 9.32. The topological polar surface area (TPSA) is 16.8 Å². The minimum absolute atomic E-state index is 1.20. The Hall–Kier alpha value is -2.00. The van der Waals surface area contributed by atoms with Crippen molar-refractivity contribution in [1.82, 2.24) is 4.98 Å². The van der Waals surface area contributed by atoms with Gasteiger partial charge in [-0.3, -0.25) is 4.98 Å². The van der Waals surface area contributed by atoms with Crippen molar-refractivity contribution < 1.29 is 4.57 Å². The number of fused-ring (bicyclic) bond motifs is 1. The van der Waals surface area contributed by atoms with Crippen LogP contribution in [-0.2, 0) is 7.05 Å². The molecule has 0 atom stereocenters. The van der Waals surface area contributed by atoms with Crippen LogP contribution >= 0.6 is 0 Å². The molecule has 0 amide bonds. The number of hydrogen-bond acceptors (Lipinski definition) is 1. The molecule has 0 bridgehead atoms. The van der Waals surface area contributed by atoms with Crippen molar-refractivity contribution in [3.8, 4) is 11.3 Å². The lowest BCUT2D eigenvalue weighted by molar-refractivity contribution is -0.659. The van der Waals surface area contributed by atoms with Gasteiger partial charge in [-0.2, -0.15) is 0 Å². The third kappa shape index (κ3) is 2.57. The first-order valence-electron chi connectivity index (χ1n) is 7.72. The third-order valence-electron chi connectivity index (χ3n) is 4.30. The van der Waals surface area contributed by atoms with E-state index in [2.05, 4.69) is 79.7 Å². The Morgan fingerprint density at radius 1 is 1.05 bits per heavy atom. The number of rotatable bonds is 2. The molecular formula is C19H23N2Si+. The van der Waals surface area contributed by atoms with Crippen LogP contribution in [0.25, 0.3) is 22.0 Å². The maximum atomic E-state index is 4.32. The van der Waals surface area contributed by atoms with E-state index >= 15 is 0 Å². The SMILES string of the molecule is Cc1ccncc1-c1c2ccc([Si](C)(C)C)cc2cc[n+]1C. The van der Waals surface area contributed by atoms with Crippen LogP contribution in [-0.4, -0.2) is 13.1 Å². The average Bonchev–Trinajstić information content (AvgIpc) is 2.47. The summed E-state index contributed by atoms with van der Waals surface area (Å²) in [6.07, 6.45) is 5.97. The summed E-state index contributed by atoms with van der Waals surface area (Å²) in [5, 5.41) is 4.11. The fourth-order valence-corrected chi connectivity index (χ4v) is 4.06. The van der Waals surface area contributed by atoms with E-state index < -0.39 is 8.07 Å². The Balaban J connectivity index is 2.31. The van der Waals surface area contributed by atoms with E-state index in [0.29, 0.717) is 0 Å². The summed E-state index contributed by atoms with van der Waals surface area (Å²) in [5.41, 5.74) is 3.70. The van der Waals surface area contributed by atoms with E-state index in [4.69, 9.17) is 0 Å². The molecule has 2 aromatic heterocycles. The van der Waals surface area contributed by atoms with Crippen molar-refractivity contribution >= 4 is 24.0 Å². The lowest BCUT2D eigenvalue weighted by Crippen LogP contribution is -2.37. The molecule has 0 saturated heterocycles. The summed E-state index contributed by atoms with van der Waals surface area (Å²) < 4.78 is 2.19. The minimum Gasteiger partial charge on any atom is -0.264 e. The van der Waals surface area contributed by atoms with Crippen LogP contribution < -0.4 is 9.75 Å². The van der Waals surface area contributed by atoms with E-state index in [0.717, 1.165) is 0 Å². The molecule has 0 saturated carbocycles. The van der Waals surface area contributed by atoms with E-state index in [1.807, 2.05) is 12.4 Å². The van der Waals surface area contributed by atoms with Crippen LogP contribution in [0.2, 0.25) is 19.6 Å². The molecule has 0 fully saturated rings. The average molecular weight is 307 g/mol. The Bertz CT molecular complexity index is 848. The fourth-order valence-electron chi connectivity index (χ4n) is 2.89. The summed E-state index contributed by atoms with van der Waals surface area (Å²) >= 11 is 0. The molecule has 0 aliphatic rings. The highest BCUT2D eigenvalue weighted by molar-refractivity contribution is 6.88. The Labute approximate surface area is 133 Å². The fraction of sp³-hybridized carbons (Fsp3) is 0.263. The van der Waals surface area contributed by atoms with E-state index in [-0.39, 0.29) is 0 Å². The quantitative estimate of drug-likeness (QED) is 0.522. The number of aromatic nitrogens is 2. The zero-order valence-electron chi connectivity index (χ0n) is 14.0. The second-order valence-corrected chi connectivity index (χ2v) is 12.1. The lowest BCUT2D eigenvalue weighted by Gasteiger charge is -2.17. The number of aryl methyl sites for hydroxylation is 2. The van der Waals surface area contributed by atoms with Gasteiger partial charge in [0.25, 0.3) is 0 Å². The van der Waals surface area contributed by atoms with E-state index in [9.17, 15) is 0 Å². The largest absolute Gasteiger partial charge is 0.264 e. The normalized spacial score (nSPS) is 11.9. The van der Waals surface area contributed by atoms with Crippen LogP contribution in [0.5, 0.6) is 0 Å². The van der Waals surface area contributed by atoms with Crippen molar-refractivity contribution in [3.05, 3.63) is 54.5 Å². The molecular weight excluding hydrogens is 284 g/mol. The number of hydrogen-bond donors (Lipinski definition) is 0. The van der Waals surface area contributed by atoms with Crippen LogP contribution in [0.1, 0.15) is 5.56 Å². The van der Waals surface area contributed by atoms with Crippen LogP contribution in [0.4, 0.5) is 0 Å². The zero-order chi connectivity index (χ0) is 15.9. The van der Waals surface area contributed by atoms with Crippen LogP contribution in [0.3, 0.4) is 0 Å². The molecule has 3 rings (SSSR count). The van der Waals surface area contributed by atoms with Gasteiger partial charge < -0.3 is 0 Å². The van der Waals surface area contributed by atoms with Gasteiger partial charge in [0, 0.05) is 18.5 Å². The van der Waals surface area contributed by atoms with Gasteiger partial charge in [0.05, 0.1) is 19.0 Å². The van der Waals surface area contributed by atoms with Crippen LogP contribution in [0.15, 0.2) is 48.9 Å². The Morgan fingerprint density at radius 3 is 2.50 bits per heavy atom. The molecule has 0 radical (unpaired) electrons. The number of nitrogens with zero attached hydrogens (tertiary/aromatic N) is 2. The standard InChI is InChI=1S/C19H23N2Si/c1-14-8-10-20-13-18(14)19-17-7-6-16(22(3,4)5)12-15(17)9-11-21(19)2/h6-13H,1-5H3/q+1. The first-order valence-corrected chi connectivity index (χ1v) is 11.2. The van der Waals surface area contributed by atoms with Gasteiger partial charge in [0.15, 0.2) is 6.20 Å². The molecule has 112 valence electrons. The predicted molar refractivity (Wildman–Crippen MR) is 96.1 cm³/mol. The first kappa shape index (κ1) is 14.9. The van der Waals surface area contributed by atoms with Crippen LogP contribution in [0, 0.1) is 6.92 Å². The van der Waals surface area contributed by atoms with Crippen molar-refractivity contribution in [2.45, 2.75) is 26.6 Å². The molecule has 0 spiro atoms. The summed E-state index contributed by atoms with van der Waals surface area (Å²) in [7, 11) is 0.814. The highest BCUT2D eigenvalue weighted by Gasteiger charge is 2.20. The highest BCUT2D eigenvalue weighted by atomic mass is 28.3. The molecule has 3 heteroatoms. The molecule has 0 unspecified atom stereocenters. The lowest BCUT2D eigenvalue weighted by atomic mass is 10.0. The van der Waals surface area contributed by atoms with Gasteiger partial charge in [-0.15, -0.1) is 0 Å². The maximum Gasteiger partial charge on any atom is 0.221 e. The predicted octanol–water partition coefficient (Wildman–Crippen LogP) is 3.58. The molecule has 0 aliphatic carbocycles. The van der Waals surface area contributed by atoms with Gasteiger partial charge in [-0.25, -0.2) is 4.57 Å². The second-order valence-electron chi connectivity index (χ2n) is 7.02. The van der Waals surface area contributed by atoms with Gasteiger partial charge >= 0.3 is 0 Å². The summed E-state index contributed by atoms with van der Waals surface area (Å²) in [6, 6.07) is 11.3. The molecule has 0 N–H and O–H groups in total. The first-order chi connectivity index (χ1) is 10.4. The van der Waals surface area contributed by atoms with Crippen molar-refractivity contribution in [3.63, 3.8) is 0 Å². The third-order valence-corrected chi connectivity index (χ3v) is 6.34. The Kier molecular flexibility index (Phi) is 3.61. The number of pyridine rings is 2. The van der Waals surface area contributed by atoms with Crippen molar-refractivity contribution in [2.24, 2.45) is 7.05 Å². The zero-order valence-corrected chi connectivity index (χ0v) is 15.0. The molecule has 1 aromatic carbocycles. The van der Waals surface area contributed by atoms with Gasteiger partial charge in [-0.05, 0) is 30.0 Å². The smallest absolute Gasteiger partial charge is 0.221 e. The van der Waals surface area contributed by atoms with Gasteiger partial charge in [0.1, 0.15) is 7.05 Å². The van der Waals surface area contributed by atoms with E-state index in [1.54, 1.807) is 0 Å². The minimum atomic E-state index is -1.29. The summed E-state index contributed by atoms with van der Waals surface area (Å²) in [4.78, 5) is 4.32. The van der Waals surface area contributed by atoms with Gasteiger partial charge in [-0.1, -0.05) is 37.0 Å². The Morgan fingerprint density at radius 2 is 1.82 bits per heavy atom. The molecule has 2 heterocycles. The van der Waals surface area contributed by atoms with Gasteiger partial charge in [0.2, 0.25) is 5.69 Å². The molecule has 3 aromatic rings. The number of benzene rings is 1. The second kappa shape index (κ2) is 5.32. The molecule has 2 nitrogen and oxygen atoms in total. The molecule has 0 aliphatic heterocycles. The monoisotopic (exact) mass is 307 g/mol. The van der Waals surface area contributed by atoms with Crippen molar-refractivity contribution in [2.75, 3.05) is 0 Å². The maximum absolute atomic E-state index is 4.32. The molecule has 22 heavy (non-hydrogen) atoms.